The number of aromatic nitrogens is 2. The minimum atomic E-state index is -1.23. The topological polar surface area (TPSA) is 75.3 Å². The fraction of sp³-hybridized carbons (Fsp3) is 0.0909. The van der Waals surface area contributed by atoms with Crippen molar-refractivity contribution >= 4 is 17.6 Å². The van der Waals surface area contributed by atoms with Crippen LogP contribution < -0.4 is 0 Å². The van der Waals surface area contributed by atoms with Crippen molar-refractivity contribution in [3.63, 3.8) is 0 Å². The molecule has 2 aromatic rings. The molecule has 2 N–H and O–H groups in total. The number of carbonyl (C=O) groups is 1. The third-order valence-corrected chi connectivity index (χ3v) is 2.67. The first-order valence-corrected chi connectivity index (χ1v) is 5.19. The molecule has 0 amide bonds. The average molecular weight is 253 g/mol. The molecule has 88 valence electrons. The Bertz CT molecular complexity index is 566. The van der Waals surface area contributed by atoms with Gasteiger partial charge >= 0.3 is 5.97 Å². The van der Waals surface area contributed by atoms with Crippen LogP contribution in [0, 0.1) is 0 Å². The van der Waals surface area contributed by atoms with Gasteiger partial charge in [0, 0.05) is 5.02 Å². The number of hydrogen-bond acceptors (Lipinski definition) is 3. The van der Waals surface area contributed by atoms with Crippen molar-refractivity contribution in [1.82, 2.24) is 9.78 Å². The first-order chi connectivity index (χ1) is 8.09. The molecular weight excluding hydrogens is 244 g/mol. The fourth-order valence-corrected chi connectivity index (χ4v) is 1.70. The molecule has 6 heteroatoms. The second-order valence-electron chi connectivity index (χ2n) is 3.43. The third kappa shape index (κ3) is 2.24. The number of aromatic hydroxyl groups is 1. The van der Waals surface area contributed by atoms with Crippen LogP contribution in [0.3, 0.4) is 0 Å². The van der Waals surface area contributed by atoms with E-state index < -0.39 is 5.97 Å². The van der Waals surface area contributed by atoms with Gasteiger partial charge in [-0.2, -0.15) is 5.10 Å². The van der Waals surface area contributed by atoms with Crippen LogP contribution >= 0.6 is 11.6 Å². The quantitative estimate of drug-likeness (QED) is 0.876. The molecule has 0 saturated heterocycles. The van der Waals surface area contributed by atoms with Crippen LogP contribution in [-0.4, -0.2) is 26.0 Å². The van der Waals surface area contributed by atoms with Crippen molar-refractivity contribution in [3.05, 3.63) is 46.7 Å². The minimum absolute atomic E-state index is 0.196. The van der Waals surface area contributed by atoms with E-state index in [1.807, 2.05) is 0 Å². The Labute approximate surface area is 102 Å². The highest BCUT2D eigenvalue weighted by Gasteiger charge is 2.17. The standard InChI is InChI=1S/C11H9ClN2O3/c12-8-4-2-1-3-7(8)6-14-10(11(16)17)9(15)5-13-14/h1-5,15H,6H2,(H,16,17). The van der Waals surface area contributed by atoms with E-state index >= 15 is 0 Å². The molecule has 0 bridgehead atoms. The second kappa shape index (κ2) is 4.47. The number of carboxylic acids is 1. The molecule has 0 saturated carbocycles. The molecule has 1 aromatic heterocycles. The molecule has 0 spiro atoms. The Morgan fingerprint density at radius 1 is 1.41 bits per heavy atom. The van der Waals surface area contributed by atoms with Gasteiger partial charge in [-0.3, -0.25) is 4.68 Å². The lowest BCUT2D eigenvalue weighted by Crippen LogP contribution is -2.11. The maximum Gasteiger partial charge on any atom is 0.358 e. The minimum Gasteiger partial charge on any atom is -0.504 e. The zero-order chi connectivity index (χ0) is 12.4. The lowest BCUT2D eigenvalue weighted by Gasteiger charge is -2.06. The van der Waals surface area contributed by atoms with Crippen LogP contribution in [-0.2, 0) is 6.54 Å². The van der Waals surface area contributed by atoms with Gasteiger partial charge in [0.25, 0.3) is 0 Å². The normalized spacial score (nSPS) is 10.4. The highest BCUT2D eigenvalue weighted by Crippen LogP contribution is 2.20. The SMILES string of the molecule is O=C(O)c1c(O)cnn1Cc1ccccc1Cl. The van der Waals surface area contributed by atoms with E-state index in [4.69, 9.17) is 16.7 Å². The van der Waals surface area contributed by atoms with Gasteiger partial charge in [0.1, 0.15) is 0 Å². The fourth-order valence-electron chi connectivity index (χ4n) is 1.50. The highest BCUT2D eigenvalue weighted by atomic mass is 35.5. The summed E-state index contributed by atoms with van der Waals surface area (Å²) in [5.74, 6) is -1.59. The van der Waals surface area contributed by atoms with Crippen molar-refractivity contribution in [2.75, 3.05) is 0 Å². The molecule has 5 nitrogen and oxygen atoms in total. The van der Waals surface area contributed by atoms with E-state index in [0.717, 1.165) is 11.8 Å². The van der Waals surface area contributed by atoms with Crippen LogP contribution in [0.25, 0.3) is 0 Å². The van der Waals surface area contributed by atoms with Gasteiger partial charge in [0.15, 0.2) is 11.4 Å². The number of benzene rings is 1. The summed E-state index contributed by atoms with van der Waals surface area (Å²) < 4.78 is 1.19. The highest BCUT2D eigenvalue weighted by molar-refractivity contribution is 6.31. The number of aromatic carboxylic acids is 1. The Hall–Kier alpha value is -2.01. The van der Waals surface area contributed by atoms with Crippen molar-refractivity contribution in [2.45, 2.75) is 6.54 Å². The zero-order valence-corrected chi connectivity index (χ0v) is 9.42. The van der Waals surface area contributed by atoms with Crippen molar-refractivity contribution in [3.8, 4) is 5.75 Å². The monoisotopic (exact) mass is 252 g/mol. The van der Waals surface area contributed by atoms with Crippen molar-refractivity contribution < 1.29 is 15.0 Å². The number of rotatable bonds is 3. The Kier molecular flexibility index (Phi) is 3.01. The van der Waals surface area contributed by atoms with Gasteiger partial charge in [-0.05, 0) is 11.6 Å². The van der Waals surface area contributed by atoms with Gasteiger partial charge in [0.05, 0.1) is 12.7 Å². The van der Waals surface area contributed by atoms with Crippen LogP contribution in [0.2, 0.25) is 5.02 Å². The predicted molar refractivity (Wildman–Crippen MR) is 61.4 cm³/mol. The van der Waals surface area contributed by atoms with Crippen LogP contribution in [0.5, 0.6) is 5.75 Å². The van der Waals surface area contributed by atoms with E-state index in [1.165, 1.54) is 4.68 Å². The molecular formula is C11H9ClN2O3. The molecule has 0 unspecified atom stereocenters. The molecule has 0 fully saturated rings. The number of carboxylic acid groups (broad SMARTS) is 1. The molecule has 1 heterocycles. The number of halogens is 1. The summed E-state index contributed by atoms with van der Waals surface area (Å²) in [5, 5.41) is 22.6. The summed E-state index contributed by atoms with van der Waals surface area (Å²) in [6.45, 7) is 0.196. The predicted octanol–water partition coefficient (Wildman–Crippen LogP) is 1.99. The van der Waals surface area contributed by atoms with Gasteiger partial charge in [-0.15, -0.1) is 0 Å². The molecule has 0 aliphatic rings. The summed E-state index contributed by atoms with van der Waals surface area (Å²) in [7, 11) is 0. The first-order valence-electron chi connectivity index (χ1n) is 4.81. The lowest BCUT2D eigenvalue weighted by molar-refractivity contribution is 0.0680. The van der Waals surface area contributed by atoms with E-state index in [-0.39, 0.29) is 18.0 Å². The maximum absolute atomic E-state index is 10.9. The maximum atomic E-state index is 10.9. The van der Waals surface area contributed by atoms with Gasteiger partial charge in [-0.25, -0.2) is 4.79 Å². The number of hydrogen-bond donors (Lipinski definition) is 2. The molecule has 1 aromatic carbocycles. The van der Waals surface area contributed by atoms with Crippen LogP contribution in [0.1, 0.15) is 16.1 Å². The van der Waals surface area contributed by atoms with E-state index in [2.05, 4.69) is 5.10 Å². The summed E-state index contributed by atoms with van der Waals surface area (Å²) in [5.41, 5.74) is 0.490. The summed E-state index contributed by atoms with van der Waals surface area (Å²) in [4.78, 5) is 10.9. The van der Waals surface area contributed by atoms with E-state index in [1.54, 1.807) is 24.3 Å². The Morgan fingerprint density at radius 3 is 2.76 bits per heavy atom. The summed E-state index contributed by atoms with van der Waals surface area (Å²) in [6, 6.07) is 7.06. The van der Waals surface area contributed by atoms with E-state index in [9.17, 15) is 9.90 Å². The lowest BCUT2D eigenvalue weighted by atomic mass is 10.2. The van der Waals surface area contributed by atoms with Gasteiger partial charge < -0.3 is 10.2 Å². The van der Waals surface area contributed by atoms with Gasteiger partial charge in [0.2, 0.25) is 0 Å². The Morgan fingerprint density at radius 2 is 2.12 bits per heavy atom. The molecule has 0 aliphatic heterocycles. The van der Waals surface area contributed by atoms with Crippen molar-refractivity contribution in [2.24, 2.45) is 0 Å². The summed E-state index contributed by atoms with van der Waals surface area (Å²) in [6.07, 6.45) is 1.10. The third-order valence-electron chi connectivity index (χ3n) is 2.30. The molecule has 0 aliphatic carbocycles. The van der Waals surface area contributed by atoms with Gasteiger partial charge in [-0.1, -0.05) is 29.8 Å². The first kappa shape index (κ1) is 11.5. The number of nitrogens with zero attached hydrogens (tertiary/aromatic N) is 2. The molecule has 0 atom stereocenters. The van der Waals surface area contributed by atoms with Crippen LogP contribution in [0.15, 0.2) is 30.5 Å². The Balaban J connectivity index is 2.37. The van der Waals surface area contributed by atoms with Crippen molar-refractivity contribution in [1.29, 1.82) is 0 Å². The summed E-state index contributed by atoms with van der Waals surface area (Å²) >= 11 is 5.96. The smallest absolute Gasteiger partial charge is 0.358 e. The molecule has 2 rings (SSSR count). The zero-order valence-electron chi connectivity index (χ0n) is 8.67. The molecule has 0 radical (unpaired) electrons. The van der Waals surface area contributed by atoms with Crippen LogP contribution in [0.4, 0.5) is 0 Å². The molecule has 17 heavy (non-hydrogen) atoms. The largest absolute Gasteiger partial charge is 0.504 e. The van der Waals surface area contributed by atoms with E-state index in [0.29, 0.717) is 5.02 Å². The second-order valence-corrected chi connectivity index (χ2v) is 3.84. The average Bonchev–Trinajstić information content (AvgIpc) is 2.63.